The fraction of sp³-hybridized carbons (Fsp3) is 0.244. The Morgan fingerprint density at radius 1 is 0.379 bits per heavy atom. The number of aromatic nitrogens is 3. The maximum Gasteiger partial charge on any atom is 0.277 e. The van der Waals surface area contributed by atoms with E-state index >= 15 is 0 Å². The molecule has 5 amide bonds. The lowest BCUT2D eigenvalue weighted by Gasteiger charge is -2.45. The molecule has 116 heavy (non-hydrogen) atoms. The van der Waals surface area contributed by atoms with Gasteiger partial charge in [-0.1, -0.05) is 243 Å². The van der Waals surface area contributed by atoms with Crippen molar-refractivity contribution in [3.63, 3.8) is 0 Å². The molecule has 0 saturated heterocycles. The predicted octanol–water partition coefficient (Wildman–Crippen LogP) is 9.50. The number of fused-ring (bicyclic) bond motifs is 3. The van der Waals surface area contributed by atoms with Gasteiger partial charge in [0.15, 0.2) is 34.3 Å². The first-order valence-electron chi connectivity index (χ1n) is 38.0. The first kappa shape index (κ1) is 82.1. The van der Waals surface area contributed by atoms with Crippen LogP contribution in [0, 0.1) is 0 Å². The number of nitrogens with zero attached hydrogens (tertiary/aromatic N) is 9. The minimum atomic E-state index is -0.686. The average molecular weight is 1570 g/mol. The van der Waals surface area contributed by atoms with Crippen molar-refractivity contribution in [3.05, 3.63) is 370 Å². The second-order valence-electron chi connectivity index (χ2n) is 27.7. The first-order chi connectivity index (χ1) is 56.5. The molecule has 0 radical (unpaired) electrons. The summed E-state index contributed by atoms with van der Waals surface area (Å²) in [5, 5.41) is 22.3. The van der Waals surface area contributed by atoms with Crippen LogP contribution in [0.25, 0.3) is 0 Å². The number of amides is 5. The van der Waals surface area contributed by atoms with Gasteiger partial charge in [-0.25, -0.2) is 14.0 Å². The molecule has 0 spiro atoms. The van der Waals surface area contributed by atoms with Crippen LogP contribution in [0.4, 0.5) is 0 Å². The molecule has 3 aromatic heterocycles. The minimum absolute atomic E-state index is 0.00745. The van der Waals surface area contributed by atoms with Crippen molar-refractivity contribution >= 4 is 29.5 Å². The zero-order chi connectivity index (χ0) is 81.6. The number of hydrogen-bond donors (Lipinski definition) is 4. The number of hydrogen-bond acceptors (Lipinski definition) is 18. The van der Waals surface area contributed by atoms with Gasteiger partial charge in [0.2, 0.25) is 28.1 Å². The summed E-state index contributed by atoms with van der Waals surface area (Å²) in [6.07, 6.45) is 0. The van der Waals surface area contributed by atoms with Gasteiger partial charge >= 0.3 is 0 Å². The summed E-state index contributed by atoms with van der Waals surface area (Å²) in [5.74, 6) is -2.34. The smallest absolute Gasteiger partial charge is 0.277 e. The Morgan fingerprint density at radius 3 is 0.922 bits per heavy atom. The standard InChI is InChI=1S/C33H34N4O5.C31H32N4O4.C26H28N4O5/c1-24(38)34-21-28-20-29(39)32(42-22-25-12-6-3-7-13-25)31-33(40)35(18-19-41-2)23-36(37(28)31)30(26-14-8-4-9-15-26)27-16-10-5-11-17-27;1-38-18-17-33-22-34(28(24-13-7-3-8-14-24)25-15-9-4-10-16-25)35-26(20-32)19-27(36)30(29(35)31(33)37)39-21-23-11-5-2-6-12-23;1-18(31)27-16-21-15-22(32)25(33)24-26(34)28(13-14-35-2)17-29(30(21)24)23(19-9-5-3-6-10-19)20-11-7-4-8-12-20/h3-17,20,30H,18-19,21-23H2,1-2H3,(H,34,38);2-16,19,28H,17-18,20-22,32H2,1H3;3-12,15,23,33H,13-14,16-17H2,1-2H3,(H,27,31). The molecule has 598 valence electrons. The quantitative estimate of drug-likeness (QED) is 0.0339. The van der Waals surface area contributed by atoms with E-state index in [9.17, 15) is 43.5 Å². The Morgan fingerprint density at radius 2 is 0.638 bits per heavy atom. The topological polar surface area (TPSA) is 287 Å². The summed E-state index contributed by atoms with van der Waals surface area (Å²) < 4.78 is 33.2. The number of carbonyl (C=O) groups excluding carboxylic acids is 5. The van der Waals surface area contributed by atoms with Gasteiger partial charge in [-0.05, 0) is 44.5 Å². The van der Waals surface area contributed by atoms with Gasteiger partial charge in [-0.2, -0.15) is 0 Å². The van der Waals surface area contributed by atoms with Crippen LogP contribution in [-0.2, 0) is 56.6 Å². The molecule has 0 aliphatic carbocycles. The SMILES string of the molecule is COCCN1CN(C(c2ccccc2)c2ccccc2)n2c(CN)cc(=O)c(OCc3ccccc3)c2C1=O.COCCN1CN(C(c2ccccc2)c2ccccc2)n2c(CNC(C)=O)cc(=O)c(O)c2C1=O.COCCN1CN(C(c2ccccc2)c2ccccc2)n2c(CNC(C)=O)cc(=O)c(OCc3ccccc3)c2C1=O. The molecule has 0 atom stereocenters. The summed E-state index contributed by atoms with van der Waals surface area (Å²) in [6.45, 7) is 5.70. The Bertz CT molecular complexity index is 5230. The Hall–Kier alpha value is -13.4. The van der Waals surface area contributed by atoms with Gasteiger partial charge in [0.05, 0.1) is 68.1 Å². The van der Waals surface area contributed by atoms with Crippen LogP contribution in [0.2, 0.25) is 0 Å². The van der Waals surface area contributed by atoms with Gasteiger partial charge in [0.1, 0.15) is 33.2 Å². The molecule has 26 nitrogen and oxygen atoms in total. The highest BCUT2D eigenvalue weighted by Crippen LogP contribution is 2.38. The van der Waals surface area contributed by atoms with E-state index in [2.05, 4.69) is 39.9 Å². The summed E-state index contributed by atoms with van der Waals surface area (Å²) in [5.41, 5.74) is 13.9. The lowest BCUT2D eigenvalue weighted by atomic mass is 9.98. The fourth-order valence-electron chi connectivity index (χ4n) is 14.4. The van der Waals surface area contributed by atoms with Gasteiger partial charge in [0.25, 0.3) is 17.7 Å². The maximum absolute atomic E-state index is 14.2. The van der Waals surface area contributed by atoms with E-state index in [-0.39, 0.29) is 142 Å². The number of methoxy groups -OCH3 is 3. The molecule has 8 aromatic carbocycles. The summed E-state index contributed by atoms with van der Waals surface area (Å²) in [6, 6.07) is 81.9. The lowest BCUT2D eigenvalue weighted by molar-refractivity contribution is -0.120. The zero-order valence-corrected chi connectivity index (χ0v) is 65.3. The highest BCUT2D eigenvalue weighted by molar-refractivity contribution is 5.98. The Labute approximate surface area is 672 Å². The minimum Gasteiger partial charge on any atom is -0.502 e. The molecular formula is C90H94N12O14. The molecule has 3 aliphatic rings. The van der Waals surface area contributed by atoms with E-state index in [1.165, 1.54) is 32.0 Å². The third-order valence-electron chi connectivity index (χ3n) is 19.8. The number of benzene rings is 8. The Kier molecular flexibility index (Phi) is 27.9. The van der Waals surface area contributed by atoms with Crippen LogP contribution < -0.4 is 57.2 Å². The molecule has 0 bridgehead atoms. The molecule has 3 aliphatic heterocycles. The van der Waals surface area contributed by atoms with Crippen molar-refractivity contribution < 1.29 is 52.8 Å². The van der Waals surface area contributed by atoms with Crippen LogP contribution in [0.5, 0.6) is 17.2 Å². The number of aromatic hydroxyl groups is 1. The average Bonchev–Trinajstić information content (AvgIpc) is 0.742. The molecule has 0 fully saturated rings. The molecule has 0 unspecified atom stereocenters. The van der Waals surface area contributed by atoms with Crippen molar-refractivity contribution in [1.82, 2.24) is 39.4 Å². The van der Waals surface area contributed by atoms with E-state index in [0.29, 0.717) is 43.4 Å². The highest BCUT2D eigenvalue weighted by atomic mass is 16.5. The summed E-state index contributed by atoms with van der Waals surface area (Å²) in [4.78, 5) is 110. The number of nitrogens with one attached hydrogen (secondary N) is 2. The van der Waals surface area contributed by atoms with Crippen LogP contribution in [0.3, 0.4) is 0 Å². The predicted molar refractivity (Wildman–Crippen MR) is 440 cm³/mol. The van der Waals surface area contributed by atoms with Gasteiger partial charge in [-0.15, -0.1) is 0 Å². The van der Waals surface area contributed by atoms with Crippen LogP contribution in [-0.4, -0.2) is 144 Å². The number of rotatable bonds is 29. The first-order valence-corrected chi connectivity index (χ1v) is 38.0. The third kappa shape index (κ3) is 19.1. The molecular weight excluding hydrogens is 1470 g/mol. The maximum atomic E-state index is 14.2. The van der Waals surface area contributed by atoms with Gasteiger partial charge in [0, 0.05) is 79.6 Å². The number of pyridine rings is 3. The molecule has 0 saturated carbocycles. The van der Waals surface area contributed by atoms with Gasteiger partial charge in [-0.3, -0.25) is 53.4 Å². The van der Waals surface area contributed by atoms with E-state index in [1.807, 2.05) is 228 Å². The third-order valence-corrected chi connectivity index (χ3v) is 19.8. The van der Waals surface area contributed by atoms with E-state index in [4.69, 9.17) is 29.4 Å². The number of carbonyl (C=O) groups is 5. The van der Waals surface area contributed by atoms with E-state index in [0.717, 1.165) is 44.5 Å². The Balaban J connectivity index is 0.000000161. The largest absolute Gasteiger partial charge is 0.502 e. The van der Waals surface area contributed by atoms with Crippen molar-refractivity contribution in [2.45, 2.75) is 64.8 Å². The van der Waals surface area contributed by atoms with Gasteiger partial charge < -0.3 is 59.9 Å². The van der Waals surface area contributed by atoms with Crippen LogP contribution in [0.1, 0.15) is 125 Å². The fourth-order valence-corrected chi connectivity index (χ4v) is 14.4. The molecule has 26 heteroatoms. The van der Waals surface area contributed by atoms with E-state index < -0.39 is 22.5 Å². The van der Waals surface area contributed by atoms with Crippen molar-refractivity contribution in [1.29, 1.82) is 0 Å². The normalized spacial score (nSPS) is 13.0. The van der Waals surface area contributed by atoms with Crippen LogP contribution >= 0.6 is 0 Å². The zero-order valence-electron chi connectivity index (χ0n) is 65.3. The summed E-state index contributed by atoms with van der Waals surface area (Å²) in [7, 11) is 4.73. The molecule has 11 aromatic rings. The van der Waals surface area contributed by atoms with Crippen LogP contribution in [0.15, 0.2) is 275 Å². The molecule has 6 heterocycles. The monoisotopic (exact) mass is 1570 g/mol. The van der Waals surface area contributed by atoms with Crippen molar-refractivity contribution in [2.75, 3.05) is 95.8 Å². The lowest BCUT2D eigenvalue weighted by Crippen LogP contribution is -2.57. The van der Waals surface area contributed by atoms with Crippen molar-refractivity contribution in [3.8, 4) is 17.2 Å². The van der Waals surface area contributed by atoms with E-state index in [1.54, 1.807) is 50.1 Å². The second-order valence-corrected chi connectivity index (χ2v) is 27.7. The number of ether oxygens (including phenoxy) is 5. The second kappa shape index (κ2) is 39.4. The van der Waals surface area contributed by atoms with Crippen molar-refractivity contribution in [2.24, 2.45) is 5.73 Å². The number of nitrogens with two attached hydrogens (primary N) is 1. The summed E-state index contributed by atoms with van der Waals surface area (Å²) >= 11 is 0. The highest BCUT2D eigenvalue weighted by Gasteiger charge is 2.42. The molecule has 5 N–H and O–H groups in total. The molecule has 14 rings (SSSR count).